The van der Waals surface area contributed by atoms with Gasteiger partial charge in [-0.05, 0) is 26.0 Å². The molecule has 0 bridgehead atoms. The maximum atomic E-state index is 13.0. The van der Waals surface area contributed by atoms with Crippen LogP contribution in [0.15, 0.2) is 24.3 Å². The first-order chi connectivity index (χ1) is 9.29. The lowest BCUT2D eigenvalue weighted by molar-refractivity contribution is -0.152. The molecule has 0 fully saturated rings. The van der Waals surface area contributed by atoms with Crippen molar-refractivity contribution >= 4 is 17.0 Å². The van der Waals surface area contributed by atoms with Gasteiger partial charge in [0.05, 0.1) is 17.1 Å². The van der Waals surface area contributed by atoms with Gasteiger partial charge in [0.2, 0.25) is 5.82 Å². The van der Waals surface area contributed by atoms with Crippen LogP contribution in [0.25, 0.3) is 11.0 Å². The third kappa shape index (κ3) is 2.92. The second kappa shape index (κ2) is 5.15. The van der Waals surface area contributed by atoms with E-state index in [-0.39, 0.29) is 17.1 Å². The van der Waals surface area contributed by atoms with Crippen LogP contribution in [-0.2, 0) is 22.3 Å². The minimum atomic E-state index is -4.63. The number of fused-ring (bicyclic) bond motifs is 1. The summed E-state index contributed by atoms with van der Waals surface area (Å²) < 4.78 is 44.6. The molecular formula is C13H13F3N2O2. The molecule has 1 aromatic heterocycles. The Hall–Kier alpha value is -2.05. The van der Waals surface area contributed by atoms with E-state index in [0.29, 0.717) is 0 Å². The van der Waals surface area contributed by atoms with E-state index >= 15 is 0 Å². The van der Waals surface area contributed by atoms with E-state index in [0.717, 1.165) is 4.57 Å². The van der Waals surface area contributed by atoms with Crippen LogP contribution >= 0.6 is 0 Å². The summed E-state index contributed by atoms with van der Waals surface area (Å²) in [5.41, 5.74) is 0.442. The van der Waals surface area contributed by atoms with Gasteiger partial charge in [-0.15, -0.1) is 0 Å². The summed E-state index contributed by atoms with van der Waals surface area (Å²) in [5, 5.41) is 0. The minimum absolute atomic E-state index is 0.192. The van der Waals surface area contributed by atoms with Crippen molar-refractivity contribution in [2.45, 2.75) is 32.7 Å². The normalized spacial score (nSPS) is 12.1. The Morgan fingerprint density at radius 2 is 2.00 bits per heavy atom. The lowest BCUT2D eigenvalue weighted by atomic mass is 10.3. The topological polar surface area (TPSA) is 44.1 Å². The van der Waals surface area contributed by atoms with Gasteiger partial charge in [0.25, 0.3) is 0 Å². The zero-order chi connectivity index (χ0) is 14.9. The lowest BCUT2D eigenvalue weighted by Gasteiger charge is -2.12. The number of benzene rings is 1. The van der Waals surface area contributed by atoms with Crippen LogP contribution < -0.4 is 0 Å². The molecule has 20 heavy (non-hydrogen) atoms. The fourth-order valence-electron chi connectivity index (χ4n) is 1.88. The van der Waals surface area contributed by atoms with Crippen molar-refractivity contribution in [2.75, 3.05) is 0 Å². The Morgan fingerprint density at radius 3 is 2.60 bits per heavy atom. The zero-order valence-electron chi connectivity index (χ0n) is 10.9. The fourth-order valence-corrected chi connectivity index (χ4v) is 1.88. The molecule has 0 spiro atoms. The smallest absolute Gasteiger partial charge is 0.449 e. The Morgan fingerprint density at radius 1 is 1.35 bits per heavy atom. The van der Waals surface area contributed by atoms with E-state index in [1.54, 1.807) is 26.0 Å². The number of rotatable bonds is 3. The first kappa shape index (κ1) is 14.4. The molecule has 0 atom stereocenters. The van der Waals surface area contributed by atoms with E-state index in [1.165, 1.54) is 12.1 Å². The predicted octanol–water partition coefficient (Wildman–Crippen LogP) is 3.01. The molecule has 4 nitrogen and oxygen atoms in total. The highest BCUT2D eigenvalue weighted by molar-refractivity contribution is 5.79. The Balaban J connectivity index is 2.46. The molecule has 0 saturated heterocycles. The summed E-state index contributed by atoms with van der Waals surface area (Å²) in [6.07, 6.45) is -5.01. The molecule has 1 heterocycles. The first-order valence-electron chi connectivity index (χ1n) is 6.01. The van der Waals surface area contributed by atoms with Gasteiger partial charge in [-0.25, -0.2) is 4.98 Å². The van der Waals surface area contributed by atoms with Gasteiger partial charge in [-0.1, -0.05) is 12.1 Å². The van der Waals surface area contributed by atoms with Crippen LogP contribution in [0.3, 0.4) is 0 Å². The van der Waals surface area contributed by atoms with Gasteiger partial charge in [0.15, 0.2) is 0 Å². The second-order valence-electron chi connectivity index (χ2n) is 4.55. The number of carbonyl (C=O) groups excluding carboxylic acids is 1. The standard InChI is InChI=1S/C13H13F3N2O2/c1-8(2)20-11(19)7-18-10-6-4-3-5-9(10)17-12(18)13(14,15)16/h3-6,8H,7H2,1-2H3. The van der Waals surface area contributed by atoms with Crippen LogP contribution in [0.2, 0.25) is 0 Å². The van der Waals surface area contributed by atoms with Crippen LogP contribution in [0.1, 0.15) is 19.7 Å². The average Bonchev–Trinajstić information content (AvgIpc) is 2.67. The molecule has 0 unspecified atom stereocenters. The summed E-state index contributed by atoms with van der Waals surface area (Å²) in [5.74, 6) is -1.83. The summed E-state index contributed by atoms with van der Waals surface area (Å²) in [7, 11) is 0. The molecule has 2 aromatic rings. The Bertz CT molecular complexity index is 632. The van der Waals surface area contributed by atoms with E-state index in [9.17, 15) is 18.0 Å². The first-order valence-corrected chi connectivity index (χ1v) is 6.01. The number of hydrogen-bond donors (Lipinski definition) is 0. The predicted molar refractivity (Wildman–Crippen MR) is 66.0 cm³/mol. The van der Waals surface area contributed by atoms with E-state index in [1.807, 2.05) is 0 Å². The SMILES string of the molecule is CC(C)OC(=O)Cn1c(C(F)(F)F)nc2ccccc21. The van der Waals surface area contributed by atoms with Gasteiger partial charge < -0.3 is 9.30 Å². The van der Waals surface area contributed by atoms with Crippen molar-refractivity contribution in [3.8, 4) is 0 Å². The summed E-state index contributed by atoms with van der Waals surface area (Å²) in [6.45, 7) is 2.75. The quantitative estimate of drug-likeness (QED) is 0.815. The molecular weight excluding hydrogens is 273 g/mol. The lowest BCUT2D eigenvalue weighted by Crippen LogP contribution is -2.22. The van der Waals surface area contributed by atoms with Crippen molar-refractivity contribution in [3.63, 3.8) is 0 Å². The monoisotopic (exact) mass is 286 g/mol. The Labute approximate surface area is 113 Å². The maximum absolute atomic E-state index is 13.0. The van der Waals surface area contributed by atoms with Crippen molar-refractivity contribution in [1.29, 1.82) is 0 Å². The van der Waals surface area contributed by atoms with Crippen LogP contribution in [-0.4, -0.2) is 21.6 Å². The molecule has 2 rings (SSSR count). The van der Waals surface area contributed by atoms with Gasteiger partial charge in [-0.2, -0.15) is 13.2 Å². The van der Waals surface area contributed by atoms with Crippen molar-refractivity contribution < 1.29 is 22.7 Å². The van der Waals surface area contributed by atoms with Gasteiger partial charge in [-0.3, -0.25) is 4.79 Å². The summed E-state index contributed by atoms with van der Waals surface area (Å²) >= 11 is 0. The number of para-hydroxylation sites is 2. The molecule has 0 saturated carbocycles. The highest BCUT2D eigenvalue weighted by Crippen LogP contribution is 2.31. The van der Waals surface area contributed by atoms with E-state index in [2.05, 4.69) is 4.98 Å². The van der Waals surface area contributed by atoms with Gasteiger partial charge in [0, 0.05) is 0 Å². The molecule has 108 valence electrons. The van der Waals surface area contributed by atoms with Gasteiger partial charge in [0.1, 0.15) is 6.54 Å². The number of imidazole rings is 1. The number of ether oxygens (including phenoxy) is 1. The highest BCUT2D eigenvalue weighted by Gasteiger charge is 2.38. The highest BCUT2D eigenvalue weighted by atomic mass is 19.4. The summed E-state index contributed by atoms with van der Waals surface area (Å²) in [6, 6.07) is 6.13. The van der Waals surface area contributed by atoms with E-state index < -0.39 is 24.5 Å². The zero-order valence-corrected chi connectivity index (χ0v) is 10.9. The molecule has 0 N–H and O–H groups in total. The molecule has 0 aliphatic carbocycles. The molecule has 0 aliphatic rings. The number of alkyl halides is 3. The maximum Gasteiger partial charge on any atom is 0.449 e. The van der Waals surface area contributed by atoms with Crippen molar-refractivity contribution in [2.24, 2.45) is 0 Å². The number of esters is 1. The average molecular weight is 286 g/mol. The minimum Gasteiger partial charge on any atom is -0.462 e. The number of carbonyl (C=O) groups is 1. The van der Waals surface area contributed by atoms with Crippen LogP contribution in [0.4, 0.5) is 13.2 Å². The summed E-state index contributed by atoms with van der Waals surface area (Å²) in [4.78, 5) is 15.2. The molecule has 0 amide bonds. The number of halogens is 3. The van der Waals surface area contributed by atoms with Gasteiger partial charge >= 0.3 is 12.1 Å². The molecule has 0 aliphatic heterocycles. The number of nitrogens with zero attached hydrogens (tertiary/aromatic N) is 2. The van der Waals surface area contributed by atoms with Crippen LogP contribution in [0, 0.1) is 0 Å². The number of aromatic nitrogens is 2. The third-order valence-corrected chi connectivity index (χ3v) is 2.56. The van der Waals surface area contributed by atoms with E-state index in [4.69, 9.17) is 4.74 Å². The number of hydrogen-bond acceptors (Lipinski definition) is 3. The fraction of sp³-hybridized carbons (Fsp3) is 0.385. The molecule has 0 radical (unpaired) electrons. The largest absolute Gasteiger partial charge is 0.462 e. The second-order valence-corrected chi connectivity index (χ2v) is 4.55. The van der Waals surface area contributed by atoms with Crippen molar-refractivity contribution in [3.05, 3.63) is 30.1 Å². The molecule has 1 aromatic carbocycles. The third-order valence-electron chi connectivity index (χ3n) is 2.56. The Kier molecular flexibility index (Phi) is 3.69. The molecule has 7 heteroatoms. The van der Waals surface area contributed by atoms with Crippen molar-refractivity contribution in [1.82, 2.24) is 9.55 Å². The van der Waals surface area contributed by atoms with Crippen LogP contribution in [0.5, 0.6) is 0 Å².